The molecule has 0 amide bonds. The van der Waals surface area contributed by atoms with Crippen molar-refractivity contribution in [1.82, 2.24) is 5.32 Å². The van der Waals surface area contributed by atoms with Crippen LogP contribution < -0.4 is 5.32 Å². The average molecular weight is 249 g/mol. The lowest BCUT2D eigenvalue weighted by Gasteiger charge is -2.29. The third-order valence-electron chi connectivity index (χ3n) is 3.64. The third-order valence-corrected chi connectivity index (χ3v) is 3.64. The molecule has 0 bridgehead atoms. The summed E-state index contributed by atoms with van der Waals surface area (Å²) in [7, 11) is 0. The number of phenolic OH excluding ortho intramolecular Hbond substituents is 1. The largest absolute Gasteiger partial charge is 0.508 e. The first-order chi connectivity index (χ1) is 8.63. The molecule has 0 aromatic heterocycles. The molecule has 100 valence electrons. The molecule has 3 unspecified atom stereocenters. The van der Waals surface area contributed by atoms with Crippen molar-refractivity contribution in [2.24, 2.45) is 0 Å². The van der Waals surface area contributed by atoms with E-state index in [2.05, 4.69) is 12.2 Å². The van der Waals surface area contributed by atoms with E-state index in [0.717, 1.165) is 32.1 Å². The Labute approximate surface area is 109 Å². The summed E-state index contributed by atoms with van der Waals surface area (Å²) >= 11 is 0. The molecule has 1 saturated carbocycles. The number of benzene rings is 1. The fourth-order valence-corrected chi connectivity index (χ4v) is 2.76. The maximum absolute atomic E-state index is 9.64. The van der Waals surface area contributed by atoms with Crippen molar-refractivity contribution in [3.05, 3.63) is 29.8 Å². The molecule has 3 N–H and O–H groups in total. The van der Waals surface area contributed by atoms with Crippen molar-refractivity contribution in [2.75, 3.05) is 0 Å². The number of hydrogen-bond acceptors (Lipinski definition) is 3. The molecule has 0 radical (unpaired) electrons. The van der Waals surface area contributed by atoms with Crippen LogP contribution in [0.4, 0.5) is 0 Å². The lowest BCUT2D eigenvalue weighted by Crippen LogP contribution is -2.41. The summed E-state index contributed by atoms with van der Waals surface area (Å²) in [4.78, 5) is 0. The van der Waals surface area contributed by atoms with Gasteiger partial charge in [0.15, 0.2) is 0 Å². The van der Waals surface area contributed by atoms with Gasteiger partial charge in [0.05, 0.1) is 6.10 Å². The van der Waals surface area contributed by atoms with Crippen LogP contribution in [-0.4, -0.2) is 28.4 Å². The predicted molar refractivity (Wildman–Crippen MR) is 72.7 cm³/mol. The van der Waals surface area contributed by atoms with E-state index < -0.39 is 0 Å². The van der Waals surface area contributed by atoms with Gasteiger partial charge >= 0.3 is 0 Å². The lowest BCUT2D eigenvalue weighted by atomic mass is 9.92. The van der Waals surface area contributed by atoms with Crippen molar-refractivity contribution in [2.45, 2.75) is 57.2 Å². The zero-order chi connectivity index (χ0) is 13.0. The van der Waals surface area contributed by atoms with Crippen LogP contribution in [0.25, 0.3) is 0 Å². The Balaban J connectivity index is 1.81. The molecule has 0 spiro atoms. The minimum absolute atomic E-state index is 0.128. The summed E-state index contributed by atoms with van der Waals surface area (Å²) in [6.07, 6.45) is 4.93. The first kappa shape index (κ1) is 13.4. The average Bonchev–Trinajstić information content (AvgIpc) is 2.32. The number of aliphatic hydroxyl groups excluding tert-OH is 1. The molecular formula is C15H23NO2. The second-order valence-corrected chi connectivity index (χ2v) is 5.46. The first-order valence-corrected chi connectivity index (χ1v) is 6.85. The Morgan fingerprint density at radius 3 is 2.67 bits per heavy atom. The molecule has 3 atom stereocenters. The van der Waals surface area contributed by atoms with Gasteiger partial charge in [0.25, 0.3) is 0 Å². The summed E-state index contributed by atoms with van der Waals surface area (Å²) in [5.74, 6) is 0.315. The normalized spacial score (nSPS) is 25.9. The Hall–Kier alpha value is -1.06. The molecule has 18 heavy (non-hydrogen) atoms. The Bertz CT molecular complexity index is 363. The quantitative estimate of drug-likeness (QED) is 0.767. The van der Waals surface area contributed by atoms with Gasteiger partial charge < -0.3 is 15.5 Å². The molecule has 0 aliphatic heterocycles. The standard InChI is InChI=1S/C15H23NO2/c1-11(9-12-5-7-14(17)8-6-12)16-13-3-2-4-15(18)10-13/h5-8,11,13,15-18H,2-4,9-10H2,1H3. The van der Waals surface area contributed by atoms with E-state index in [0.29, 0.717) is 17.8 Å². The smallest absolute Gasteiger partial charge is 0.115 e. The molecule has 2 rings (SSSR count). The van der Waals surface area contributed by atoms with Gasteiger partial charge in [0.2, 0.25) is 0 Å². The molecular weight excluding hydrogens is 226 g/mol. The fourth-order valence-electron chi connectivity index (χ4n) is 2.76. The fraction of sp³-hybridized carbons (Fsp3) is 0.600. The first-order valence-electron chi connectivity index (χ1n) is 6.85. The van der Waals surface area contributed by atoms with Gasteiger partial charge in [-0.2, -0.15) is 0 Å². The van der Waals surface area contributed by atoms with Crippen molar-refractivity contribution in [1.29, 1.82) is 0 Å². The summed E-state index contributed by atoms with van der Waals surface area (Å²) in [6.45, 7) is 2.17. The number of nitrogens with one attached hydrogen (secondary N) is 1. The summed E-state index contributed by atoms with van der Waals surface area (Å²) in [5.41, 5.74) is 1.23. The molecule has 0 heterocycles. The molecule has 3 nitrogen and oxygen atoms in total. The number of aliphatic hydroxyl groups is 1. The summed E-state index contributed by atoms with van der Waals surface area (Å²) in [5, 5.41) is 22.5. The van der Waals surface area contributed by atoms with Gasteiger partial charge in [0.1, 0.15) is 5.75 Å². The van der Waals surface area contributed by atoms with E-state index in [1.807, 2.05) is 12.1 Å². The van der Waals surface area contributed by atoms with Crippen molar-refractivity contribution < 1.29 is 10.2 Å². The van der Waals surface area contributed by atoms with Crippen LogP contribution in [0.5, 0.6) is 5.75 Å². The van der Waals surface area contributed by atoms with E-state index in [1.54, 1.807) is 12.1 Å². The van der Waals surface area contributed by atoms with E-state index in [4.69, 9.17) is 0 Å². The SMILES string of the molecule is CC(Cc1ccc(O)cc1)NC1CCCC(O)C1. The van der Waals surface area contributed by atoms with Crippen LogP contribution in [-0.2, 0) is 6.42 Å². The van der Waals surface area contributed by atoms with Crippen LogP contribution in [0.1, 0.15) is 38.2 Å². The minimum atomic E-state index is -0.128. The van der Waals surface area contributed by atoms with Crippen molar-refractivity contribution >= 4 is 0 Å². The van der Waals surface area contributed by atoms with Crippen LogP contribution >= 0.6 is 0 Å². The third kappa shape index (κ3) is 4.00. The van der Waals surface area contributed by atoms with Gasteiger partial charge in [-0.15, -0.1) is 0 Å². The summed E-state index contributed by atoms with van der Waals surface area (Å²) < 4.78 is 0. The predicted octanol–water partition coefficient (Wildman–Crippen LogP) is 2.22. The Kier molecular flexibility index (Phi) is 4.61. The van der Waals surface area contributed by atoms with E-state index in [1.165, 1.54) is 5.56 Å². The highest BCUT2D eigenvalue weighted by Crippen LogP contribution is 2.19. The van der Waals surface area contributed by atoms with Crippen molar-refractivity contribution in [3.8, 4) is 5.75 Å². The highest BCUT2D eigenvalue weighted by atomic mass is 16.3. The topological polar surface area (TPSA) is 52.5 Å². The van der Waals surface area contributed by atoms with Gasteiger partial charge in [-0.05, 0) is 56.7 Å². The highest BCUT2D eigenvalue weighted by Gasteiger charge is 2.21. The molecule has 1 aliphatic rings. The monoisotopic (exact) mass is 249 g/mol. The van der Waals surface area contributed by atoms with Crippen molar-refractivity contribution in [3.63, 3.8) is 0 Å². The molecule has 0 saturated heterocycles. The second kappa shape index (κ2) is 6.21. The van der Waals surface area contributed by atoms with Gasteiger partial charge in [-0.3, -0.25) is 0 Å². The van der Waals surface area contributed by atoms with Gasteiger partial charge in [-0.1, -0.05) is 12.1 Å². The lowest BCUT2D eigenvalue weighted by molar-refractivity contribution is 0.109. The highest BCUT2D eigenvalue weighted by molar-refractivity contribution is 5.26. The van der Waals surface area contributed by atoms with Crippen LogP contribution in [0, 0.1) is 0 Å². The van der Waals surface area contributed by atoms with Crippen LogP contribution in [0.15, 0.2) is 24.3 Å². The molecule has 1 aromatic rings. The van der Waals surface area contributed by atoms with E-state index in [9.17, 15) is 10.2 Å². The van der Waals surface area contributed by atoms with Gasteiger partial charge in [0, 0.05) is 12.1 Å². The summed E-state index contributed by atoms with van der Waals surface area (Å²) in [6, 6.07) is 8.22. The zero-order valence-corrected chi connectivity index (χ0v) is 11.0. The maximum atomic E-state index is 9.64. The maximum Gasteiger partial charge on any atom is 0.115 e. The Morgan fingerprint density at radius 1 is 1.28 bits per heavy atom. The van der Waals surface area contributed by atoms with Crippen LogP contribution in [0.2, 0.25) is 0 Å². The van der Waals surface area contributed by atoms with E-state index in [-0.39, 0.29) is 6.10 Å². The molecule has 1 aromatic carbocycles. The number of rotatable bonds is 4. The number of phenols is 1. The molecule has 1 aliphatic carbocycles. The van der Waals surface area contributed by atoms with E-state index >= 15 is 0 Å². The number of aromatic hydroxyl groups is 1. The minimum Gasteiger partial charge on any atom is -0.508 e. The second-order valence-electron chi connectivity index (χ2n) is 5.46. The Morgan fingerprint density at radius 2 is 2.00 bits per heavy atom. The van der Waals surface area contributed by atoms with Gasteiger partial charge in [-0.25, -0.2) is 0 Å². The molecule has 3 heteroatoms. The van der Waals surface area contributed by atoms with Crippen LogP contribution in [0.3, 0.4) is 0 Å². The zero-order valence-electron chi connectivity index (χ0n) is 11.0. The number of hydrogen-bond donors (Lipinski definition) is 3. The molecule has 1 fully saturated rings.